The monoisotopic (exact) mass is 247 g/mol. The third kappa shape index (κ3) is 5.21. The summed E-state index contributed by atoms with van der Waals surface area (Å²) in [6.45, 7) is 1.30. The summed E-state index contributed by atoms with van der Waals surface area (Å²) in [7, 11) is 0. The minimum absolute atomic E-state index is 0.262. The molecular weight excluding hydrogens is 226 g/mol. The second-order valence-corrected chi connectivity index (χ2v) is 4.90. The average Bonchev–Trinajstić information content (AvgIpc) is 3.21. The van der Waals surface area contributed by atoms with Gasteiger partial charge in [-0.2, -0.15) is 0 Å². The van der Waals surface area contributed by atoms with Gasteiger partial charge in [0.05, 0.1) is 6.61 Å². The molecule has 1 amide bonds. The quantitative estimate of drug-likeness (QED) is 0.752. The summed E-state index contributed by atoms with van der Waals surface area (Å²) in [5.41, 5.74) is 1.34. The number of hydrogen-bond acceptors (Lipinski definition) is 2. The van der Waals surface area contributed by atoms with Gasteiger partial charge in [0.25, 0.3) is 0 Å². The number of carbonyl (C=O) groups is 1. The van der Waals surface area contributed by atoms with Crippen LogP contribution in [0.15, 0.2) is 30.3 Å². The lowest BCUT2D eigenvalue weighted by Gasteiger charge is -2.06. The van der Waals surface area contributed by atoms with Gasteiger partial charge < -0.3 is 10.1 Å². The topological polar surface area (TPSA) is 38.3 Å². The second kappa shape index (κ2) is 7.04. The van der Waals surface area contributed by atoms with Gasteiger partial charge in [0.1, 0.15) is 0 Å². The van der Waals surface area contributed by atoms with Crippen molar-refractivity contribution >= 4 is 6.09 Å². The number of amides is 1. The maximum atomic E-state index is 11.3. The zero-order chi connectivity index (χ0) is 12.6. The Balaban J connectivity index is 1.46. The molecule has 2 rings (SSSR count). The molecule has 0 spiro atoms. The van der Waals surface area contributed by atoms with Crippen LogP contribution < -0.4 is 5.32 Å². The van der Waals surface area contributed by atoms with Crippen LogP contribution in [0.4, 0.5) is 4.79 Å². The minimum atomic E-state index is -0.262. The third-order valence-electron chi connectivity index (χ3n) is 3.17. The zero-order valence-electron chi connectivity index (χ0n) is 10.7. The van der Waals surface area contributed by atoms with Crippen LogP contribution in [-0.2, 0) is 11.2 Å². The summed E-state index contributed by atoms with van der Waals surface area (Å²) in [4.78, 5) is 11.3. The summed E-state index contributed by atoms with van der Waals surface area (Å²) in [5, 5.41) is 2.79. The fraction of sp³-hybridized carbons (Fsp3) is 0.533. The predicted octanol–water partition coefficient (Wildman–Crippen LogP) is 3.15. The highest BCUT2D eigenvalue weighted by Gasteiger charge is 2.21. The Kier molecular flexibility index (Phi) is 5.06. The van der Waals surface area contributed by atoms with E-state index in [-0.39, 0.29) is 6.09 Å². The molecule has 0 bridgehead atoms. The third-order valence-corrected chi connectivity index (χ3v) is 3.17. The Hall–Kier alpha value is -1.51. The molecule has 0 aliphatic heterocycles. The molecule has 1 aliphatic carbocycles. The molecule has 0 atom stereocenters. The molecule has 3 nitrogen and oxygen atoms in total. The number of carbonyl (C=O) groups excluding carboxylic acids is 1. The largest absolute Gasteiger partial charge is 0.450 e. The highest BCUT2D eigenvalue weighted by molar-refractivity contribution is 5.67. The van der Waals surface area contributed by atoms with E-state index in [0.717, 1.165) is 25.8 Å². The molecule has 0 saturated heterocycles. The molecule has 0 heterocycles. The van der Waals surface area contributed by atoms with E-state index in [1.54, 1.807) is 0 Å². The number of rotatable bonds is 7. The van der Waals surface area contributed by atoms with Gasteiger partial charge in [0.2, 0.25) is 0 Å². The van der Waals surface area contributed by atoms with E-state index in [1.165, 1.54) is 18.4 Å². The molecule has 0 unspecified atom stereocenters. The molecule has 98 valence electrons. The van der Waals surface area contributed by atoms with Crippen molar-refractivity contribution in [3.05, 3.63) is 35.9 Å². The molecule has 1 aromatic carbocycles. The first-order valence-electron chi connectivity index (χ1n) is 6.79. The van der Waals surface area contributed by atoms with E-state index < -0.39 is 0 Å². The first kappa shape index (κ1) is 12.9. The predicted molar refractivity (Wildman–Crippen MR) is 71.5 cm³/mol. The van der Waals surface area contributed by atoms with Crippen LogP contribution in [0.2, 0.25) is 0 Å². The Morgan fingerprint density at radius 2 is 2.00 bits per heavy atom. The number of hydrogen-bond donors (Lipinski definition) is 1. The molecular formula is C15H21NO2. The van der Waals surface area contributed by atoms with Crippen molar-refractivity contribution in [2.45, 2.75) is 32.1 Å². The van der Waals surface area contributed by atoms with E-state index in [2.05, 4.69) is 29.6 Å². The lowest BCUT2D eigenvalue weighted by molar-refractivity contribution is 0.143. The van der Waals surface area contributed by atoms with Gasteiger partial charge in [0.15, 0.2) is 0 Å². The lowest BCUT2D eigenvalue weighted by Crippen LogP contribution is -2.26. The van der Waals surface area contributed by atoms with Crippen LogP contribution >= 0.6 is 0 Å². The SMILES string of the molecule is O=C(NCC1CC1)OCCCCc1ccccc1. The minimum Gasteiger partial charge on any atom is -0.450 e. The maximum Gasteiger partial charge on any atom is 0.407 e. The summed E-state index contributed by atoms with van der Waals surface area (Å²) < 4.78 is 5.11. The molecule has 1 N–H and O–H groups in total. The summed E-state index contributed by atoms with van der Waals surface area (Å²) >= 11 is 0. The molecule has 0 radical (unpaired) electrons. The number of aryl methyl sites for hydroxylation is 1. The van der Waals surface area contributed by atoms with Gasteiger partial charge in [-0.15, -0.1) is 0 Å². The fourth-order valence-electron chi connectivity index (χ4n) is 1.84. The molecule has 0 aromatic heterocycles. The Bertz CT molecular complexity index is 360. The van der Waals surface area contributed by atoms with Gasteiger partial charge in [-0.25, -0.2) is 4.79 Å². The average molecular weight is 247 g/mol. The lowest BCUT2D eigenvalue weighted by atomic mass is 10.1. The van der Waals surface area contributed by atoms with Crippen molar-refractivity contribution in [3.8, 4) is 0 Å². The van der Waals surface area contributed by atoms with Gasteiger partial charge in [-0.3, -0.25) is 0 Å². The molecule has 1 aliphatic rings. The highest BCUT2D eigenvalue weighted by Crippen LogP contribution is 2.27. The fourth-order valence-corrected chi connectivity index (χ4v) is 1.84. The Morgan fingerprint density at radius 3 is 2.72 bits per heavy atom. The van der Waals surface area contributed by atoms with Crippen LogP contribution in [0.1, 0.15) is 31.2 Å². The van der Waals surface area contributed by atoms with Crippen LogP contribution in [0.25, 0.3) is 0 Å². The Labute approximate surface area is 109 Å². The summed E-state index contributed by atoms with van der Waals surface area (Å²) in [6, 6.07) is 10.4. The van der Waals surface area contributed by atoms with Crippen LogP contribution in [0, 0.1) is 5.92 Å². The van der Waals surface area contributed by atoms with E-state index in [1.807, 2.05) is 6.07 Å². The molecule has 1 fully saturated rings. The van der Waals surface area contributed by atoms with Gasteiger partial charge >= 0.3 is 6.09 Å². The van der Waals surface area contributed by atoms with Crippen molar-refractivity contribution < 1.29 is 9.53 Å². The number of unbranched alkanes of at least 4 members (excludes halogenated alkanes) is 1. The van der Waals surface area contributed by atoms with E-state index in [0.29, 0.717) is 12.5 Å². The molecule has 18 heavy (non-hydrogen) atoms. The maximum absolute atomic E-state index is 11.3. The highest BCUT2D eigenvalue weighted by atomic mass is 16.5. The normalized spacial score (nSPS) is 14.2. The summed E-state index contributed by atoms with van der Waals surface area (Å²) in [6.07, 6.45) is 5.26. The second-order valence-electron chi connectivity index (χ2n) is 4.90. The van der Waals surface area contributed by atoms with E-state index in [9.17, 15) is 4.79 Å². The molecule has 1 saturated carbocycles. The Morgan fingerprint density at radius 1 is 1.22 bits per heavy atom. The number of nitrogens with one attached hydrogen (secondary N) is 1. The summed E-state index contributed by atoms with van der Waals surface area (Å²) in [5.74, 6) is 0.704. The first-order chi connectivity index (χ1) is 8.84. The number of alkyl carbamates (subject to hydrolysis) is 1. The first-order valence-corrected chi connectivity index (χ1v) is 6.79. The molecule has 3 heteroatoms. The van der Waals surface area contributed by atoms with E-state index >= 15 is 0 Å². The number of ether oxygens (including phenoxy) is 1. The van der Waals surface area contributed by atoms with E-state index in [4.69, 9.17) is 4.74 Å². The van der Waals surface area contributed by atoms with Crippen molar-refractivity contribution in [3.63, 3.8) is 0 Å². The van der Waals surface area contributed by atoms with Gasteiger partial charge in [0, 0.05) is 6.54 Å². The van der Waals surface area contributed by atoms with Crippen LogP contribution in [0.3, 0.4) is 0 Å². The standard InChI is InChI=1S/C15H21NO2/c17-15(16-12-14-9-10-14)18-11-5-4-8-13-6-2-1-3-7-13/h1-3,6-7,14H,4-5,8-12H2,(H,16,17). The smallest absolute Gasteiger partial charge is 0.407 e. The van der Waals surface area contributed by atoms with Crippen molar-refractivity contribution in [1.29, 1.82) is 0 Å². The van der Waals surface area contributed by atoms with Crippen molar-refractivity contribution in [2.24, 2.45) is 5.92 Å². The zero-order valence-corrected chi connectivity index (χ0v) is 10.7. The number of benzene rings is 1. The van der Waals surface area contributed by atoms with Crippen molar-refractivity contribution in [1.82, 2.24) is 5.32 Å². The van der Waals surface area contributed by atoms with Crippen LogP contribution in [-0.4, -0.2) is 19.2 Å². The molecule has 1 aromatic rings. The van der Waals surface area contributed by atoms with Gasteiger partial charge in [-0.05, 0) is 43.6 Å². The van der Waals surface area contributed by atoms with Gasteiger partial charge in [-0.1, -0.05) is 30.3 Å². The van der Waals surface area contributed by atoms with Crippen molar-refractivity contribution in [2.75, 3.05) is 13.2 Å². The van der Waals surface area contributed by atoms with Crippen LogP contribution in [0.5, 0.6) is 0 Å².